The molecular formula is C30H38BrN. The van der Waals surface area contributed by atoms with E-state index in [2.05, 4.69) is 97.5 Å². The molecule has 1 aliphatic heterocycles. The van der Waals surface area contributed by atoms with Crippen LogP contribution in [0.5, 0.6) is 0 Å². The smallest absolute Gasteiger partial charge is 0.0632 e. The molecule has 170 valence electrons. The van der Waals surface area contributed by atoms with E-state index in [0.717, 1.165) is 35.5 Å². The quantitative estimate of drug-likeness (QED) is 0.333. The molecule has 32 heavy (non-hydrogen) atoms. The highest BCUT2D eigenvalue weighted by molar-refractivity contribution is 9.09. The third-order valence-electron chi connectivity index (χ3n) is 10.2. The molecule has 1 heterocycles. The number of fused-ring (bicyclic) bond motifs is 5. The molecule has 3 aliphatic carbocycles. The first-order chi connectivity index (χ1) is 15.4. The van der Waals surface area contributed by atoms with Crippen molar-refractivity contribution in [1.29, 1.82) is 0 Å². The topological polar surface area (TPSA) is 12.0 Å². The van der Waals surface area contributed by atoms with Gasteiger partial charge in [0.1, 0.15) is 0 Å². The number of halogens is 1. The van der Waals surface area contributed by atoms with Crippen LogP contribution in [-0.2, 0) is 0 Å². The molecule has 1 saturated heterocycles. The molecule has 3 fully saturated rings. The Morgan fingerprint density at radius 2 is 1.44 bits per heavy atom. The first kappa shape index (κ1) is 21.4. The Morgan fingerprint density at radius 3 is 2.09 bits per heavy atom. The average molecular weight is 493 g/mol. The van der Waals surface area contributed by atoms with Gasteiger partial charge in [0.25, 0.3) is 0 Å². The Kier molecular flexibility index (Phi) is 5.16. The zero-order chi connectivity index (χ0) is 22.2. The Bertz CT molecular complexity index is 964. The van der Waals surface area contributed by atoms with Gasteiger partial charge < -0.3 is 5.32 Å². The van der Waals surface area contributed by atoms with Crippen LogP contribution in [0.1, 0.15) is 70.4 Å². The fourth-order valence-corrected chi connectivity index (χ4v) is 9.87. The highest BCUT2D eigenvalue weighted by Gasteiger charge is 2.57. The Hall–Kier alpha value is -1.12. The van der Waals surface area contributed by atoms with Crippen molar-refractivity contribution in [3.63, 3.8) is 0 Å². The molecular weight excluding hydrogens is 454 g/mol. The van der Waals surface area contributed by atoms with E-state index < -0.39 is 0 Å². The summed E-state index contributed by atoms with van der Waals surface area (Å²) < 4.78 is 0. The van der Waals surface area contributed by atoms with Gasteiger partial charge in [0.15, 0.2) is 0 Å². The summed E-state index contributed by atoms with van der Waals surface area (Å²) in [5.41, 5.74) is 6.30. The zero-order valence-corrected chi connectivity index (χ0v) is 21.6. The summed E-state index contributed by atoms with van der Waals surface area (Å²) in [6.07, 6.45) is 5.47. The molecule has 6 rings (SSSR count). The molecule has 2 heteroatoms. The van der Waals surface area contributed by atoms with Crippen molar-refractivity contribution in [2.45, 2.75) is 70.3 Å². The molecule has 1 nitrogen and oxygen atoms in total. The number of rotatable bonds is 2. The molecule has 2 aromatic rings. The van der Waals surface area contributed by atoms with Crippen molar-refractivity contribution in [2.24, 2.45) is 40.9 Å². The largest absolute Gasteiger partial charge is 0.302 e. The van der Waals surface area contributed by atoms with Gasteiger partial charge in [-0.1, -0.05) is 92.2 Å². The molecule has 2 aromatic carbocycles. The lowest BCUT2D eigenvalue weighted by atomic mass is 9.56. The van der Waals surface area contributed by atoms with Crippen LogP contribution < -0.4 is 5.32 Å². The van der Waals surface area contributed by atoms with Crippen molar-refractivity contribution < 1.29 is 0 Å². The molecule has 0 bridgehead atoms. The van der Waals surface area contributed by atoms with E-state index in [1.165, 1.54) is 36.8 Å². The van der Waals surface area contributed by atoms with E-state index in [9.17, 15) is 0 Å². The standard InChI is InChI=1S/C30H38BrN/c1-17-15-24-18(2)19-13-14-27(31)32-26(19)16-25(24)28(17)30(3,4)29-22-11-7-5-9-20(22)21-10-6-8-12-23(21)29/h5-12,17-19,24-29,32H,13-16H2,1-4H3. The van der Waals surface area contributed by atoms with Crippen LogP contribution >= 0.6 is 15.9 Å². The van der Waals surface area contributed by atoms with Crippen molar-refractivity contribution >= 4 is 15.9 Å². The summed E-state index contributed by atoms with van der Waals surface area (Å²) in [6.45, 7) is 10.4. The summed E-state index contributed by atoms with van der Waals surface area (Å²) in [7, 11) is 0. The van der Waals surface area contributed by atoms with Gasteiger partial charge in [-0.3, -0.25) is 0 Å². The first-order valence-corrected chi connectivity index (χ1v) is 13.9. The molecule has 0 amide bonds. The fraction of sp³-hybridized carbons (Fsp3) is 0.600. The van der Waals surface area contributed by atoms with E-state index in [-0.39, 0.29) is 5.41 Å². The number of hydrogen-bond donors (Lipinski definition) is 1. The lowest BCUT2D eigenvalue weighted by Crippen LogP contribution is -2.54. The minimum absolute atomic E-state index is 0.233. The number of alkyl halides is 1. The Morgan fingerprint density at radius 1 is 0.812 bits per heavy atom. The van der Waals surface area contributed by atoms with E-state index >= 15 is 0 Å². The first-order valence-electron chi connectivity index (χ1n) is 13.0. The van der Waals surface area contributed by atoms with E-state index in [1.807, 2.05) is 0 Å². The summed E-state index contributed by atoms with van der Waals surface area (Å²) in [4.78, 5) is 0.506. The lowest BCUT2D eigenvalue weighted by molar-refractivity contribution is 0.0125. The van der Waals surface area contributed by atoms with E-state index in [0.29, 0.717) is 16.9 Å². The maximum atomic E-state index is 3.97. The van der Waals surface area contributed by atoms with Gasteiger partial charge >= 0.3 is 0 Å². The van der Waals surface area contributed by atoms with Crippen LogP contribution in [0, 0.1) is 40.9 Å². The summed E-state index contributed by atoms with van der Waals surface area (Å²) in [5, 5.41) is 3.97. The second-order valence-corrected chi connectivity index (χ2v) is 13.2. The van der Waals surface area contributed by atoms with Crippen molar-refractivity contribution in [3.8, 4) is 11.1 Å². The zero-order valence-electron chi connectivity index (χ0n) is 20.0. The van der Waals surface area contributed by atoms with Crippen LogP contribution in [0.25, 0.3) is 11.1 Å². The third-order valence-corrected chi connectivity index (χ3v) is 11.0. The molecule has 2 saturated carbocycles. The Balaban J connectivity index is 1.40. The number of benzene rings is 2. The second-order valence-electron chi connectivity index (χ2n) is 12.1. The normalized spacial score (nSPS) is 38.7. The molecule has 8 atom stereocenters. The van der Waals surface area contributed by atoms with Crippen LogP contribution in [0.2, 0.25) is 0 Å². The van der Waals surface area contributed by atoms with Gasteiger partial charge in [-0.2, -0.15) is 0 Å². The molecule has 0 aromatic heterocycles. The highest BCUT2D eigenvalue weighted by atomic mass is 79.9. The van der Waals surface area contributed by atoms with Crippen molar-refractivity contribution in [3.05, 3.63) is 59.7 Å². The summed E-state index contributed by atoms with van der Waals surface area (Å²) >= 11 is 3.89. The van der Waals surface area contributed by atoms with Crippen LogP contribution in [0.15, 0.2) is 48.5 Å². The van der Waals surface area contributed by atoms with E-state index in [1.54, 1.807) is 11.1 Å². The molecule has 4 aliphatic rings. The maximum Gasteiger partial charge on any atom is 0.0632 e. The summed E-state index contributed by atoms with van der Waals surface area (Å²) in [5.74, 6) is 5.50. The molecule has 0 radical (unpaired) electrons. The van der Waals surface area contributed by atoms with Gasteiger partial charge in [-0.25, -0.2) is 0 Å². The second kappa shape index (κ2) is 7.70. The third kappa shape index (κ3) is 3.04. The van der Waals surface area contributed by atoms with Crippen LogP contribution in [0.4, 0.5) is 0 Å². The van der Waals surface area contributed by atoms with Crippen LogP contribution in [0.3, 0.4) is 0 Å². The molecule has 1 N–H and O–H groups in total. The number of hydrogen-bond acceptors (Lipinski definition) is 1. The van der Waals surface area contributed by atoms with Gasteiger partial charge in [0.05, 0.1) is 4.95 Å². The van der Waals surface area contributed by atoms with Crippen molar-refractivity contribution in [1.82, 2.24) is 5.32 Å². The van der Waals surface area contributed by atoms with Gasteiger partial charge in [-0.05, 0) is 88.9 Å². The maximum absolute atomic E-state index is 3.97. The predicted molar refractivity (Wildman–Crippen MR) is 138 cm³/mol. The lowest BCUT2D eigenvalue weighted by Gasteiger charge is -2.51. The van der Waals surface area contributed by atoms with E-state index in [4.69, 9.17) is 0 Å². The molecule has 0 spiro atoms. The summed E-state index contributed by atoms with van der Waals surface area (Å²) in [6, 6.07) is 19.2. The fourth-order valence-electron chi connectivity index (χ4n) is 9.26. The number of nitrogens with one attached hydrogen (secondary N) is 1. The van der Waals surface area contributed by atoms with Gasteiger partial charge in [0.2, 0.25) is 0 Å². The average Bonchev–Trinajstić information content (AvgIpc) is 3.29. The number of piperidine rings is 1. The monoisotopic (exact) mass is 491 g/mol. The van der Waals surface area contributed by atoms with Crippen LogP contribution in [-0.4, -0.2) is 11.0 Å². The molecule has 8 unspecified atom stereocenters. The minimum atomic E-state index is 0.233. The van der Waals surface area contributed by atoms with Gasteiger partial charge in [-0.15, -0.1) is 0 Å². The van der Waals surface area contributed by atoms with Gasteiger partial charge in [0, 0.05) is 12.0 Å². The SMILES string of the molecule is CC1CC2C(C)C3CCC(Br)NC3CC2C1C(C)(C)C1c2ccccc2-c2ccccc21. The van der Waals surface area contributed by atoms with Crippen molar-refractivity contribution in [2.75, 3.05) is 0 Å². The Labute approximate surface area is 202 Å². The minimum Gasteiger partial charge on any atom is -0.302 e. The highest BCUT2D eigenvalue weighted by Crippen LogP contribution is 2.64. The predicted octanol–water partition coefficient (Wildman–Crippen LogP) is 7.84.